The highest BCUT2D eigenvalue weighted by atomic mass is 16.2. The first-order valence-electron chi connectivity index (χ1n) is 7.83. The summed E-state index contributed by atoms with van der Waals surface area (Å²) in [5.74, 6) is 0.653. The molecule has 2 rings (SSSR count). The Morgan fingerprint density at radius 1 is 1.37 bits per heavy atom. The minimum absolute atomic E-state index is 0.224. The predicted molar refractivity (Wildman–Crippen MR) is 78.2 cm³/mol. The number of amides is 2. The normalized spacial score (nSPS) is 28.5. The molecule has 0 spiro atoms. The van der Waals surface area contributed by atoms with E-state index in [0.717, 1.165) is 32.5 Å². The van der Waals surface area contributed by atoms with Gasteiger partial charge in [0.25, 0.3) is 0 Å². The first-order valence-corrected chi connectivity index (χ1v) is 7.83. The van der Waals surface area contributed by atoms with Crippen LogP contribution in [0.1, 0.15) is 46.0 Å². The lowest BCUT2D eigenvalue weighted by atomic mass is 10.0. The molecule has 2 saturated heterocycles. The Hall–Kier alpha value is -0.770. The smallest absolute Gasteiger partial charge is 0.320 e. The number of urea groups is 1. The van der Waals surface area contributed by atoms with Gasteiger partial charge in [0.2, 0.25) is 0 Å². The minimum Gasteiger partial charge on any atom is -0.323 e. The van der Waals surface area contributed by atoms with Crippen LogP contribution < -0.4 is 5.32 Å². The van der Waals surface area contributed by atoms with Crippen LogP contribution in [0.4, 0.5) is 4.79 Å². The Balaban J connectivity index is 1.78. The molecule has 0 radical (unpaired) electrons. The van der Waals surface area contributed by atoms with E-state index in [2.05, 4.69) is 19.2 Å². The van der Waals surface area contributed by atoms with E-state index in [1.165, 1.54) is 19.3 Å². The molecule has 2 atom stereocenters. The Morgan fingerprint density at radius 2 is 2.16 bits per heavy atom. The quantitative estimate of drug-likeness (QED) is 0.829. The molecule has 0 bridgehead atoms. The second-order valence-electron chi connectivity index (χ2n) is 6.56. The van der Waals surface area contributed by atoms with E-state index in [-0.39, 0.29) is 6.03 Å². The molecule has 1 N–H and O–H groups in total. The molecule has 19 heavy (non-hydrogen) atoms. The van der Waals surface area contributed by atoms with Crippen molar-refractivity contribution in [2.24, 2.45) is 5.92 Å². The molecule has 4 heteroatoms. The SMILES string of the molecule is CC(C)CC1CN(CCC2CCCCN2)C(=O)N1C. The van der Waals surface area contributed by atoms with Crippen molar-refractivity contribution < 1.29 is 4.79 Å². The molecular weight excluding hydrogens is 238 g/mol. The highest BCUT2D eigenvalue weighted by molar-refractivity contribution is 5.76. The van der Waals surface area contributed by atoms with E-state index in [4.69, 9.17) is 0 Å². The number of piperidine rings is 1. The molecule has 0 aliphatic carbocycles. The lowest BCUT2D eigenvalue weighted by Gasteiger charge is -2.25. The lowest BCUT2D eigenvalue weighted by Crippen LogP contribution is -2.38. The fourth-order valence-corrected chi connectivity index (χ4v) is 3.28. The highest BCUT2D eigenvalue weighted by Gasteiger charge is 2.34. The topological polar surface area (TPSA) is 35.6 Å². The number of carbonyl (C=O) groups excluding carboxylic acids is 1. The average Bonchev–Trinajstić information content (AvgIpc) is 2.65. The molecule has 2 amide bonds. The van der Waals surface area contributed by atoms with E-state index in [9.17, 15) is 4.79 Å². The first-order chi connectivity index (χ1) is 9.08. The van der Waals surface area contributed by atoms with Crippen molar-refractivity contribution in [1.29, 1.82) is 0 Å². The van der Waals surface area contributed by atoms with Gasteiger partial charge in [-0.25, -0.2) is 4.79 Å². The van der Waals surface area contributed by atoms with Crippen molar-refractivity contribution in [3.63, 3.8) is 0 Å². The van der Waals surface area contributed by atoms with Gasteiger partial charge in [0.05, 0.1) is 6.04 Å². The van der Waals surface area contributed by atoms with Gasteiger partial charge in [-0.05, 0) is 38.1 Å². The summed E-state index contributed by atoms with van der Waals surface area (Å²) < 4.78 is 0. The van der Waals surface area contributed by atoms with Crippen LogP contribution in [-0.2, 0) is 0 Å². The summed E-state index contributed by atoms with van der Waals surface area (Å²) in [6.07, 6.45) is 6.13. The molecule has 0 aromatic heterocycles. The summed E-state index contributed by atoms with van der Waals surface area (Å²) in [6, 6.07) is 1.25. The molecule has 2 heterocycles. The minimum atomic E-state index is 0.224. The second-order valence-corrected chi connectivity index (χ2v) is 6.56. The molecule has 0 aromatic carbocycles. The zero-order chi connectivity index (χ0) is 13.8. The number of carbonyl (C=O) groups is 1. The van der Waals surface area contributed by atoms with Gasteiger partial charge in [0.15, 0.2) is 0 Å². The number of nitrogens with zero attached hydrogens (tertiary/aromatic N) is 2. The fraction of sp³-hybridized carbons (Fsp3) is 0.933. The van der Waals surface area contributed by atoms with Crippen LogP contribution >= 0.6 is 0 Å². The molecule has 110 valence electrons. The Labute approximate surface area is 117 Å². The van der Waals surface area contributed by atoms with E-state index >= 15 is 0 Å². The molecule has 0 saturated carbocycles. The summed E-state index contributed by atoms with van der Waals surface area (Å²) in [5.41, 5.74) is 0. The van der Waals surface area contributed by atoms with Crippen LogP contribution in [0.15, 0.2) is 0 Å². The third-order valence-corrected chi connectivity index (χ3v) is 4.45. The van der Waals surface area contributed by atoms with Crippen molar-refractivity contribution >= 4 is 6.03 Å². The number of nitrogens with one attached hydrogen (secondary N) is 1. The van der Waals surface area contributed by atoms with Gasteiger partial charge in [-0.3, -0.25) is 0 Å². The zero-order valence-electron chi connectivity index (χ0n) is 12.7. The molecule has 2 aliphatic heterocycles. The Morgan fingerprint density at radius 3 is 2.79 bits per heavy atom. The average molecular weight is 267 g/mol. The number of hydrogen-bond donors (Lipinski definition) is 1. The van der Waals surface area contributed by atoms with Gasteiger partial charge in [-0.15, -0.1) is 0 Å². The Kier molecular flexibility index (Phi) is 5.08. The van der Waals surface area contributed by atoms with E-state index in [1.54, 1.807) is 0 Å². The fourth-order valence-electron chi connectivity index (χ4n) is 3.28. The van der Waals surface area contributed by atoms with Gasteiger partial charge in [-0.2, -0.15) is 0 Å². The molecule has 2 aliphatic rings. The maximum Gasteiger partial charge on any atom is 0.320 e. The first kappa shape index (κ1) is 14.6. The summed E-state index contributed by atoms with van der Waals surface area (Å²) in [4.78, 5) is 16.2. The third kappa shape index (κ3) is 3.85. The van der Waals surface area contributed by atoms with E-state index in [1.807, 2.05) is 16.8 Å². The molecule has 2 fully saturated rings. The number of hydrogen-bond acceptors (Lipinski definition) is 2. The summed E-state index contributed by atoms with van der Waals surface area (Å²) in [5, 5.41) is 3.56. The van der Waals surface area contributed by atoms with Gasteiger partial charge in [0, 0.05) is 26.2 Å². The van der Waals surface area contributed by atoms with E-state index < -0.39 is 0 Å². The molecule has 4 nitrogen and oxygen atoms in total. The van der Waals surface area contributed by atoms with Crippen molar-refractivity contribution in [3.05, 3.63) is 0 Å². The maximum atomic E-state index is 12.2. The van der Waals surface area contributed by atoms with Crippen LogP contribution in [0, 0.1) is 5.92 Å². The van der Waals surface area contributed by atoms with Crippen LogP contribution in [0.25, 0.3) is 0 Å². The molecule has 2 unspecified atom stereocenters. The number of rotatable bonds is 5. The third-order valence-electron chi connectivity index (χ3n) is 4.45. The summed E-state index contributed by atoms with van der Waals surface area (Å²) in [6.45, 7) is 7.43. The van der Waals surface area contributed by atoms with Crippen molar-refractivity contribution in [2.45, 2.75) is 58.0 Å². The maximum absolute atomic E-state index is 12.2. The van der Waals surface area contributed by atoms with Crippen LogP contribution in [0.3, 0.4) is 0 Å². The summed E-state index contributed by atoms with van der Waals surface area (Å²) >= 11 is 0. The standard InChI is InChI=1S/C15H29N3O/c1-12(2)10-14-11-18(15(19)17(14)3)9-7-13-6-4-5-8-16-13/h12-14,16H,4-11H2,1-3H3. The van der Waals surface area contributed by atoms with Crippen molar-refractivity contribution in [3.8, 4) is 0 Å². The predicted octanol–water partition coefficient (Wildman–Crippen LogP) is 2.30. The van der Waals surface area contributed by atoms with Crippen LogP contribution in [0.2, 0.25) is 0 Å². The second kappa shape index (κ2) is 6.60. The highest BCUT2D eigenvalue weighted by Crippen LogP contribution is 2.21. The van der Waals surface area contributed by atoms with Crippen LogP contribution in [-0.4, -0.2) is 54.6 Å². The van der Waals surface area contributed by atoms with Crippen molar-refractivity contribution in [1.82, 2.24) is 15.1 Å². The van der Waals surface area contributed by atoms with Gasteiger partial charge in [0.1, 0.15) is 0 Å². The van der Waals surface area contributed by atoms with Crippen molar-refractivity contribution in [2.75, 3.05) is 26.7 Å². The van der Waals surface area contributed by atoms with Gasteiger partial charge < -0.3 is 15.1 Å². The van der Waals surface area contributed by atoms with Crippen LogP contribution in [0.5, 0.6) is 0 Å². The van der Waals surface area contributed by atoms with Gasteiger partial charge >= 0.3 is 6.03 Å². The Bertz CT molecular complexity index is 300. The molecular formula is C15H29N3O. The zero-order valence-corrected chi connectivity index (χ0v) is 12.7. The summed E-state index contributed by atoms with van der Waals surface area (Å²) in [7, 11) is 1.95. The monoisotopic (exact) mass is 267 g/mol. The largest absolute Gasteiger partial charge is 0.323 e. The van der Waals surface area contributed by atoms with Gasteiger partial charge in [-0.1, -0.05) is 20.3 Å². The molecule has 0 aromatic rings. The lowest BCUT2D eigenvalue weighted by molar-refractivity contribution is 0.191. The van der Waals surface area contributed by atoms with E-state index in [0.29, 0.717) is 18.0 Å². The number of likely N-dealkylation sites (N-methyl/N-ethyl adjacent to an activating group) is 1.